The summed E-state index contributed by atoms with van der Waals surface area (Å²) in [5, 5.41) is 3.14. The highest BCUT2D eigenvalue weighted by Crippen LogP contribution is 2.14. The maximum Gasteiger partial charge on any atom is 0.323 e. The maximum atomic E-state index is 11.8. The maximum absolute atomic E-state index is 11.8. The highest BCUT2D eigenvalue weighted by atomic mass is 16.5. The smallest absolute Gasteiger partial charge is 0.323 e. The van der Waals surface area contributed by atoms with Gasteiger partial charge in [-0.1, -0.05) is 30.3 Å². The first-order valence-corrected chi connectivity index (χ1v) is 5.93. The first kappa shape index (κ1) is 12.1. The van der Waals surface area contributed by atoms with E-state index in [9.17, 15) is 4.79 Å². The van der Waals surface area contributed by atoms with Crippen LogP contribution in [0.25, 0.3) is 0 Å². The third-order valence-corrected chi connectivity index (χ3v) is 3.06. The van der Waals surface area contributed by atoms with Crippen LogP contribution < -0.4 is 11.1 Å². The van der Waals surface area contributed by atoms with Crippen LogP contribution in [0.2, 0.25) is 0 Å². The van der Waals surface area contributed by atoms with E-state index in [1.54, 1.807) is 0 Å². The summed E-state index contributed by atoms with van der Waals surface area (Å²) in [6.45, 7) is 1.77. The molecule has 4 heteroatoms. The van der Waals surface area contributed by atoms with E-state index in [4.69, 9.17) is 10.5 Å². The Morgan fingerprint density at radius 2 is 2.18 bits per heavy atom. The Kier molecular flexibility index (Phi) is 4.12. The fourth-order valence-electron chi connectivity index (χ4n) is 2.00. The Hall–Kier alpha value is -1.39. The number of nitrogens with two attached hydrogens (primary N) is 1. The largest absolute Gasteiger partial charge is 0.460 e. The third kappa shape index (κ3) is 3.28. The molecule has 0 unspecified atom stereocenters. The van der Waals surface area contributed by atoms with Gasteiger partial charge in [0.15, 0.2) is 0 Å². The molecule has 0 aromatic heterocycles. The van der Waals surface area contributed by atoms with Crippen LogP contribution in [0.4, 0.5) is 0 Å². The predicted molar refractivity (Wildman–Crippen MR) is 65.2 cm³/mol. The number of nitrogens with one attached hydrogen (secondary N) is 1. The van der Waals surface area contributed by atoms with Crippen molar-refractivity contribution >= 4 is 5.97 Å². The van der Waals surface area contributed by atoms with E-state index in [0.717, 1.165) is 18.5 Å². The lowest BCUT2D eigenvalue weighted by molar-refractivity contribution is -0.147. The molecular formula is C13H18N2O2. The van der Waals surface area contributed by atoms with Gasteiger partial charge in [0, 0.05) is 6.54 Å². The molecule has 17 heavy (non-hydrogen) atoms. The summed E-state index contributed by atoms with van der Waals surface area (Å²) in [6, 6.07) is 9.50. The number of carbonyl (C=O) groups excluding carboxylic acids is 1. The molecular weight excluding hydrogens is 216 g/mol. The van der Waals surface area contributed by atoms with Crippen LogP contribution in [-0.4, -0.2) is 25.1 Å². The van der Waals surface area contributed by atoms with Gasteiger partial charge in [-0.15, -0.1) is 0 Å². The molecule has 0 bridgehead atoms. The van der Waals surface area contributed by atoms with Gasteiger partial charge in [0.1, 0.15) is 12.6 Å². The number of rotatable bonds is 4. The van der Waals surface area contributed by atoms with Crippen molar-refractivity contribution in [1.82, 2.24) is 5.32 Å². The molecule has 0 amide bonds. The van der Waals surface area contributed by atoms with Gasteiger partial charge < -0.3 is 15.8 Å². The van der Waals surface area contributed by atoms with E-state index in [2.05, 4.69) is 5.32 Å². The molecule has 1 aromatic carbocycles. The van der Waals surface area contributed by atoms with Crippen molar-refractivity contribution in [3.05, 3.63) is 35.9 Å². The lowest BCUT2D eigenvalue weighted by Gasteiger charge is -2.10. The van der Waals surface area contributed by atoms with Gasteiger partial charge >= 0.3 is 5.97 Å². The summed E-state index contributed by atoms with van der Waals surface area (Å²) in [5.74, 6) is 0.217. The zero-order valence-corrected chi connectivity index (χ0v) is 9.76. The van der Waals surface area contributed by atoms with Crippen molar-refractivity contribution in [2.24, 2.45) is 11.7 Å². The number of hydrogen-bond donors (Lipinski definition) is 2. The zero-order valence-electron chi connectivity index (χ0n) is 9.76. The van der Waals surface area contributed by atoms with Crippen molar-refractivity contribution in [2.45, 2.75) is 19.1 Å². The monoisotopic (exact) mass is 234 g/mol. The molecule has 3 N–H and O–H groups in total. The standard InChI is InChI=1S/C13H18N2O2/c14-7-11-6-12(15-8-11)13(16)17-9-10-4-2-1-3-5-10/h1-5,11-12,15H,6-9,14H2/t11-,12+/m1/s1. The van der Waals surface area contributed by atoms with Gasteiger partial charge in [-0.05, 0) is 24.4 Å². The summed E-state index contributed by atoms with van der Waals surface area (Å²) >= 11 is 0. The lowest BCUT2D eigenvalue weighted by atomic mass is 10.1. The zero-order chi connectivity index (χ0) is 12.1. The van der Waals surface area contributed by atoms with Crippen molar-refractivity contribution in [1.29, 1.82) is 0 Å². The van der Waals surface area contributed by atoms with Gasteiger partial charge in [-0.3, -0.25) is 4.79 Å². The van der Waals surface area contributed by atoms with Crippen LogP contribution in [-0.2, 0) is 16.1 Å². The molecule has 0 spiro atoms. The van der Waals surface area contributed by atoms with E-state index >= 15 is 0 Å². The fourth-order valence-corrected chi connectivity index (χ4v) is 2.00. The molecule has 1 saturated heterocycles. The summed E-state index contributed by atoms with van der Waals surface area (Å²) < 4.78 is 5.26. The number of ether oxygens (including phenoxy) is 1. The van der Waals surface area contributed by atoms with Crippen LogP contribution in [0.5, 0.6) is 0 Å². The minimum Gasteiger partial charge on any atom is -0.460 e. The molecule has 1 fully saturated rings. The molecule has 0 saturated carbocycles. The SMILES string of the molecule is NC[C@@H]1CN[C@H](C(=O)OCc2ccccc2)C1. The summed E-state index contributed by atoms with van der Waals surface area (Å²) in [4.78, 5) is 11.8. The van der Waals surface area contributed by atoms with Gasteiger partial charge in [-0.25, -0.2) is 0 Å². The number of carbonyl (C=O) groups is 1. The Morgan fingerprint density at radius 3 is 2.82 bits per heavy atom. The average Bonchev–Trinajstić information content (AvgIpc) is 2.86. The van der Waals surface area contributed by atoms with Crippen LogP contribution in [0.3, 0.4) is 0 Å². The topological polar surface area (TPSA) is 64.3 Å². The summed E-state index contributed by atoms with van der Waals surface area (Å²) in [6.07, 6.45) is 0.782. The van der Waals surface area contributed by atoms with Crippen molar-refractivity contribution in [3.8, 4) is 0 Å². The van der Waals surface area contributed by atoms with E-state index in [1.165, 1.54) is 0 Å². The van der Waals surface area contributed by atoms with Crippen LogP contribution in [0.15, 0.2) is 30.3 Å². The second kappa shape index (κ2) is 5.80. The summed E-state index contributed by atoms with van der Waals surface area (Å²) in [7, 11) is 0. The molecule has 0 aliphatic carbocycles. The number of benzene rings is 1. The Labute approximate surface area is 101 Å². The summed E-state index contributed by atoms with van der Waals surface area (Å²) in [5.41, 5.74) is 6.58. The first-order chi connectivity index (χ1) is 8.29. The molecule has 2 rings (SSSR count). The second-order valence-corrected chi connectivity index (χ2v) is 4.39. The number of hydrogen-bond acceptors (Lipinski definition) is 4. The normalized spacial score (nSPS) is 23.6. The molecule has 1 heterocycles. The minimum absolute atomic E-state index is 0.176. The van der Waals surface area contributed by atoms with Crippen molar-refractivity contribution in [2.75, 3.05) is 13.1 Å². The quantitative estimate of drug-likeness (QED) is 0.751. The van der Waals surface area contributed by atoms with Crippen molar-refractivity contribution in [3.63, 3.8) is 0 Å². The first-order valence-electron chi connectivity index (χ1n) is 5.93. The number of esters is 1. The van der Waals surface area contributed by atoms with Gasteiger partial charge in [0.25, 0.3) is 0 Å². The van der Waals surface area contributed by atoms with E-state index in [1.807, 2.05) is 30.3 Å². The molecule has 4 nitrogen and oxygen atoms in total. The van der Waals surface area contributed by atoms with Crippen molar-refractivity contribution < 1.29 is 9.53 Å². The molecule has 1 aliphatic heterocycles. The van der Waals surface area contributed by atoms with Crippen LogP contribution in [0, 0.1) is 5.92 Å². The van der Waals surface area contributed by atoms with E-state index < -0.39 is 0 Å². The minimum atomic E-state index is -0.188. The van der Waals surface area contributed by atoms with Gasteiger partial charge in [0.05, 0.1) is 0 Å². The lowest BCUT2D eigenvalue weighted by Crippen LogP contribution is -2.32. The molecule has 92 valence electrons. The second-order valence-electron chi connectivity index (χ2n) is 4.39. The Morgan fingerprint density at radius 1 is 1.41 bits per heavy atom. The Balaban J connectivity index is 1.78. The van der Waals surface area contributed by atoms with Gasteiger partial charge in [-0.2, -0.15) is 0 Å². The highest BCUT2D eigenvalue weighted by molar-refractivity contribution is 5.76. The van der Waals surface area contributed by atoms with Gasteiger partial charge in [0.2, 0.25) is 0 Å². The molecule has 2 atom stereocenters. The third-order valence-electron chi connectivity index (χ3n) is 3.06. The Bertz CT molecular complexity index is 367. The van der Waals surface area contributed by atoms with E-state index in [-0.39, 0.29) is 12.0 Å². The fraction of sp³-hybridized carbons (Fsp3) is 0.462. The molecule has 1 aromatic rings. The molecule has 0 radical (unpaired) electrons. The predicted octanol–water partition coefficient (Wildman–Crippen LogP) is 0.667. The highest BCUT2D eigenvalue weighted by Gasteiger charge is 2.29. The average molecular weight is 234 g/mol. The van der Waals surface area contributed by atoms with Crippen LogP contribution >= 0.6 is 0 Å². The van der Waals surface area contributed by atoms with E-state index in [0.29, 0.717) is 19.1 Å². The molecule has 1 aliphatic rings. The van der Waals surface area contributed by atoms with Crippen LogP contribution in [0.1, 0.15) is 12.0 Å².